The highest BCUT2D eigenvalue weighted by molar-refractivity contribution is 4.80. The molecule has 1 saturated heterocycles. The highest BCUT2D eigenvalue weighted by atomic mass is 16.7. The monoisotopic (exact) mass is 212 g/mol. The van der Waals surface area contributed by atoms with E-state index in [1.165, 1.54) is 32.1 Å². The molecule has 0 unspecified atom stereocenters. The minimum Gasteiger partial charge on any atom is -0.361 e. The van der Waals surface area contributed by atoms with Crippen molar-refractivity contribution in [2.75, 3.05) is 13.1 Å². The quantitative estimate of drug-likeness (QED) is 0.533. The second-order valence-corrected chi connectivity index (χ2v) is 4.71. The van der Waals surface area contributed by atoms with Crippen molar-refractivity contribution in [3.05, 3.63) is 4.91 Å². The normalized spacial score (nSPS) is 26.4. The summed E-state index contributed by atoms with van der Waals surface area (Å²) < 4.78 is 0. The molecule has 2 rings (SSSR count). The van der Waals surface area contributed by atoms with Crippen LogP contribution in [0.5, 0.6) is 0 Å². The van der Waals surface area contributed by atoms with Gasteiger partial charge in [0.1, 0.15) is 6.10 Å². The second kappa shape index (κ2) is 5.45. The van der Waals surface area contributed by atoms with E-state index in [4.69, 9.17) is 4.84 Å². The highest BCUT2D eigenvalue weighted by Gasteiger charge is 2.26. The molecule has 2 fully saturated rings. The van der Waals surface area contributed by atoms with Crippen molar-refractivity contribution in [1.29, 1.82) is 0 Å². The predicted octanol–water partition coefficient (Wildman–Crippen LogP) is 2.48. The highest BCUT2D eigenvalue weighted by Crippen LogP contribution is 2.25. The summed E-state index contributed by atoms with van der Waals surface area (Å²) in [6.07, 6.45) is 8.89. The second-order valence-electron chi connectivity index (χ2n) is 4.71. The Kier molecular flexibility index (Phi) is 3.94. The van der Waals surface area contributed by atoms with Crippen LogP contribution in [0.1, 0.15) is 44.9 Å². The molecule has 0 aromatic rings. The summed E-state index contributed by atoms with van der Waals surface area (Å²) in [5, 5.41) is 2.53. The van der Waals surface area contributed by atoms with Crippen molar-refractivity contribution >= 4 is 0 Å². The molecule has 4 heteroatoms. The molecule has 2 aliphatic rings. The lowest BCUT2D eigenvalue weighted by Gasteiger charge is -2.38. The third-order valence-electron chi connectivity index (χ3n) is 3.76. The van der Waals surface area contributed by atoms with Gasteiger partial charge in [-0.3, -0.25) is 0 Å². The number of hydrogen-bond donors (Lipinski definition) is 0. The number of likely N-dealkylation sites (tertiary alicyclic amines) is 1. The summed E-state index contributed by atoms with van der Waals surface area (Å²) in [5.74, 6) is 0. The van der Waals surface area contributed by atoms with E-state index in [0.29, 0.717) is 0 Å². The third kappa shape index (κ3) is 2.91. The van der Waals surface area contributed by atoms with Gasteiger partial charge in [-0.1, -0.05) is 19.3 Å². The van der Waals surface area contributed by atoms with Gasteiger partial charge in [-0.05, 0) is 25.7 Å². The molecule has 1 aliphatic carbocycles. The average Bonchev–Trinajstić information content (AvgIpc) is 2.32. The zero-order chi connectivity index (χ0) is 10.5. The van der Waals surface area contributed by atoms with Crippen LogP contribution in [0.4, 0.5) is 0 Å². The first-order chi connectivity index (χ1) is 7.40. The summed E-state index contributed by atoms with van der Waals surface area (Å²) in [5.41, 5.74) is 0. The van der Waals surface area contributed by atoms with E-state index in [0.717, 1.165) is 32.0 Å². The van der Waals surface area contributed by atoms with Gasteiger partial charge >= 0.3 is 0 Å². The molecule has 86 valence electrons. The van der Waals surface area contributed by atoms with E-state index in [-0.39, 0.29) is 6.10 Å². The van der Waals surface area contributed by atoms with Crippen LogP contribution in [-0.2, 0) is 4.84 Å². The van der Waals surface area contributed by atoms with E-state index in [1.54, 1.807) is 0 Å². The molecule has 4 nitrogen and oxygen atoms in total. The Labute approximate surface area is 90.9 Å². The Bertz CT molecular complexity index is 197. The maximum atomic E-state index is 9.97. The van der Waals surface area contributed by atoms with Crippen molar-refractivity contribution in [3.63, 3.8) is 0 Å². The minimum absolute atomic E-state index is 0.0716. The van der Waals surface area contributed by atoms with E-state index in [9.17, 15) is 4.91 Å². The number of hydrogen-bond acceptors (Lipinski definition) is 4. The first kappa shape index (κ1) is 10.9. The van der Waals surface area contributed by atoms with Gasteiger partial charge in [-0.15, -0.1) is 4.91 Å². The van der Waals surface area contributed by atoms with Crippen molar-refractivity contribution in [2.45, 2.75) is 57.1 Å². The lowest BCUT2D eigenvalue weighted by atomic mass is 9.92. The van der Waals surface area contributed by atoms with E-state index >= 15 is 0 Å². The molecule has 0 atom stereocenters. The number of piperidine rings is 1. The molecule has 0 N–H and O–H groups in total. The first-order valence-electron chi connectivity index (χ1n) is 6.12. The van der Waals surface area contributed by atoms with Gasteiger partial charge in [0, 0.05) is 19.1 Å². The number of rotatable bonds is 3. The van der Waals surface area contributed by atoms with Crippen LogP contribution in [-0.4, -0.2) is 30.1 Å². The molecule has 1 saturated carbocycles. The summed E-state index contributed by atoms with van der Waals surface area (Å²) in [7, 11) is 0. The fourth-order valence-corrected chi connectivity index (χ4v) is 2.85. The van der Waals surface area contributed by atoms with Gasteiger partial charge < -0.3 is 9.74 Å². The lowest BCUT2D eigenvalue weighted by molar-refractivity contribution is -0.00555. The Morgan fingerprint density at radius 1 is 1.00 bits per heavy atom. The average molecular weight is 212 g/mol. The van der Waals surface area contributed by atoms with Crippen LogP contribution in [0.2, 0.25) is 0 Å². The number of nitrogens with zero attached hydrogens (tertiary/aromatic N) is 2. The molecule has 1 heterocycles. The minimum atomic E-state index is 0.0716. The van der Waals surface area contributed by atoms with Crippen LogP contribution in [0.25, 0.3) is 0 Å². The van der Waals surface area contributed by atoms with E-state index < -0.39 is 0 Å². The zero-order valence-electron chi connectivity index (χ0n) is 9.23. The van der Waals surface area contributed by atoms with Crippen molar-refractivity contribution in [1.82, 2.24) is 4.90 Å². The molecule has 0 bridgehead atoms. The fourth-order valence-electron chi connectivity index (χ4n) is 2.85. The van der Waals surface area contributed by atoms with Crippen molar-refractivity contribution in [3.8, 4) is 0 Å². The van der Waals surface area contributed by atoms with Crippen LogP contribution in [0, 0.1) is 4.91 Å². The molecule has 15 heavy (non-hydrogen) atoms. The van der Waals surface area contributed by atoms with Gasteiger partial charge in [0.05, 0.1) is 0 Å². The zero-order valence-corrected chi connectivity index (χ0v) is 9.23. The molecule has 1 aliphatic heterocycles. The van der Waals surface area contributed by atoms with Gasteiger partial charge in [0.15, 0.2) is 5.34 Å². The van der Waals surface area contributed by atoms with E-state index in [1.807, 2.05) is 0 Å². The fraction of sp³-hybridized carbons (Fsp3) is 1.00. The molecular formula is C11H20N2O2. The standard InChI is InChI=1S/C11H20N2O2/c14-12-15-11-6-8-13(9-7-11)10-4-2-1-3-5-10/h10-11H,1-9H2. The van der Waals surface area contributed by atoms with Crippen molar-refractivity contribution < 1.29 is 4.84 Å². The third-order valence-corrected chi connectivity index (χ3v) is 3.76. The van der Waals surface area contributed by atoms with Crippen LogP contribution < -0.4 is 0 Å². The largest absolute Gasteiger partial charge is 0.361 e. The van der Waals surface area contributed by atoms with Gasteiger partial charge in [-0.2, -0.15) is 0 Å². The summed E-state index contributed by atoms with van der Waals surface area (Å²) in [6.45, 7) is 2.15. The topological polar surface area (TPSA) is 41.9 Å². The molecule has 0 amide bonds. The SMILES string of the molecule is O=NOC1CCN(C2CCCCC2)CC1. The molecule has 0 aromatic heterocycles. The van der Waals surface area contributed by atoms with Gasteiger partial charge in [0.25, 0.3) is 0 Å². The Morgan fingerprint density at radius 3 is 2.27 bits per heavy atom. The Morgan fingerprint density at radius 2 is 1.67 bits per heavy atom. The van der Waals surface area contributed by atoms with Gasteiger partial charge in [-0.25, -0.2) is 0 Å². The maximum Gasteiger partial charge on any atom is 0.155 e. The Hall–Kier alpha value is -0.640. The summed E-state index contributed by atoms with van der Waals surface area (Å²) in [4.78, 5) is 17.3. The predicted molar refractivity (Wildman–Crippen MR) is 58.3 cm³/mol. The van der Waals surface area contributed by atoms with Crippen LogP contribution >= 0.6 is 0 Å². The van der Waals surface area contributed by atoms with E-state index in [2.05, 4.69) is 10.2 Å². The smallest absolute Gasteiger partial charge is 0.155 e. The van der Waals surface area contributed by atoms with Crippen molar-refractivity contribution in [2.24, 2.45) is 5.34 Å². The summed E-state index contributed by atoms with van der Waals surface area (Å²) in [6, 6.07) is 0.795. The summed E-state index contributed by atoms with van der Waals surface area (Å²) >= 11 is 0. The van der Waals surface area contributed by atoms with Crippen LogP contribution in [0.15, 0.2) is 5.34 Å². The van der Waals surface area contributed by atoms with Gasteiger partial charge in [0.2, 0.25) is 0 Å². The molecular weight excluding hydrogens is 192 g/mol. The van der Waals surface area contributed by atoms with Crippen LogP contribution in [0.3, 0.4) is 0 Å². The molecule has 0 spiro atoms. The molecule has 0 aromatic carbocycles. The maximum absolute atomic E-state index is 9.97. The first-order valence-corrected chi connectivity index (χ1v) is 6.12. The Balaban J connectivity index is 1.74. The lowest BCUT2D eigenvalue weighted by Crippen LogP contribution is -2.43. The molecule has 0 radical (unpaired) electrons.